The standard InChI is InChI=1S/C16H24N4O/c1-12-6-3-4-9-20(12)13-10-19(11-13)16(21)14-7-5-8-18-15(14)17-2/h5,7-8,12-13H,3-4,6,9-11H2,1-2H3,(H,17,18). The van der Waals surface area contributed by atoms with Gasteiger partial charge in [-0.2, -0.15) is 0 Å². The SMILES string of the molecule is CNc1ncccc1C(=O)N1CC(N2CCCCC2C)C1. The average molecular weight is 288 g/mol. The van der Waals surface area contributed by atoms with Gasteiger partial charge in [0.2, 0.25) is 0 Å². The van der Waals surface area contributed by atoms with E-state index in [2.05, 4.69) is 22.1 Å². The lowest BCUT2D eigenvalue weighted by Crippen LogP contribution is -2.63. The Kier molecular flexibility index (Phi) is 4.10. The van der Waals surface area contributed by atoms with Gasteiger partial charge < -0.3 is 10.2 Å². The van der Waals surface area contributed by atoms with Crippen LogP contribution in [0.2, 0.25) is 0 Å². The molecule has 1 amide bonds. The van der Waals surface area contributed by atoms with Crippen molar-refractivity contribution in [1.29, 1.82) is 0 Å². The zero-order chi connectivity index (χ0) is 14.8. The number of amides is 1. The highest BCUT2D eigenvalue weighted by molar-refractivity contribution is 5.99. The van der Waals surface area contributed by atoms with E-state index >= 15 is 0 Å². The van der Waals surface area contributed by atoms with Gasteiger partial charge in [-0.25, -0.2) is 4.98 Å². The van der Waals surface area contributed by atoms with Crippen molar-refractivity contribution in [3.63, 3.8) is 0 Å². The fourth-order valence-corrected chi connectivity index (χ4v) is 3.44. The maximum Gasteiger partial charge on any atom is 0.257 e. The molecule has 2 fully saturated rings. The number of hydrogen-bond donors (Lipinski definition) is 1. The number of likely N-dealkylation sites (tertiary alicyclic amines) is 2. The summed E-state index contributed by atoms with van der Waals surface area (Å²) >= 11 is 0. The van der Waals surface area contributed by atoms with Crippen LogP contribution in [0, 0.1) is 0 Å². The second kappa shape index (κ2) is 6.02. The highest BCUT2D eigenvalue weighted by Crippen LogP contribution is 2.26. The smallest absolute Gasteiger partial charge is 0.257 e. The Morgan fingerprint density at radius 1 is 1.38 bits per heavy atom. The minimum Gasteiger partial charge on any atom is -0.372 e. The van der Waals surface area contributed by atoms with Crippen LogP contribution in [0.25, 0.3) is 0 Å². The third-order valence-corrected chi connectivity index (χ3v) is 4.75. The van der Waals surface area contributed by atoms with Gasteiger partial charge in [0.15, 0.2) is 0 Å². The first-order chi connectivity index (χ1) is 10.2. The Balaban J connectivity index is 1.62. The predicted molar refractivity (Wildman–Crippen MR) is 83.5 cm³/mol. The Labute approximate surface area is 126 Å². The van der Waals surface area contributed by atoms with E-state index in [-0.39, 0.29) is 5.91 Å². The van der Waals surface area contributed by atoms with Crippen LogP contribution in [0.1, 0.15) is 36.5 Å². The fraction of sp³-hybridized carbons (Fsp3) is 0.625. The van der Waals surface area contributed by atoms with Crippen molar-refractivity contribution in [1.82, 2.24) is 14.8 Å². The minimum atomic E-state index is 0.0911. The second-order valence-corrected chi connectivity index (χ2v) is 6.10. The van der Waals surface area contributed by atoms with E-state index in [1.165, 1.54) is 25.8 Å². The van der Waals surface area contributed by atoms with E-state index in [9.17, 15) is 4.79 Å². The molecule has 1 unspecified atom stereocenters. The molecule has 21 heavy (non-hydrogen) atoms. The number of piperidine rings is 1. The van der Waals surface area contributed by atoms with Crippen LogP contribution in [0.3, 0.4) is 0 Å². The minimum absolute atomic E-state index is 0.0911. The summed E-state index contributed by atoms with van der Waals surface area (Å²) in [4.78, 5) is 21.3. The zero-order valence-corrected chi connectivity index (χ0v) is 12.9. The van der Waals surface area contributed by atoms with Crippen LogP contribution < -0.4 is 5.32 Å². The molecule has 0 radical (unpaired) electrons. The molecule has 0 bridgehead atoms. The van der Waals surface area contributed by atoms with Crippen molar-refractivity contribution >= 4 is 11.7 Å². The summed E-state index contributed by atoms with van der Waals surface area (Å²) < 4.78 is 0. The predicted octanol–water partition coefficient (Wildman–Crippen LogP) is 1.82. The van der Waals surface area contributed by atoms with E-state index < -0.39 is 0 Å². The van der Waals surface area contributed by atoms with Gasteiger partial charge in [0.25, 0.3) is 5.91 Å². The van der Waals surface area contributed by atoms with Gasteiger partial charge >= 0.3 is 0 Å². The molecule has 5 nitrogen and oxygen atoms in total. The van der Waals surface area contributed by atoms with Gasteiger partial charge in [-0.05, 0) is 38.4 Å². The molecular formula is C16H24N4O. The van der Waals surface area contributed by atoms with E-state index in [0.717, 1.165) is 13.1 Å². The highest BCUT2D eigenvalue weighted by atomic mass is 16.2. The maximum atomic E-state index is 12.5. The van der Waals surface area contributed by atoms with E-state index in [0.29, 0.717) is 23.5 Å². The molecule has 1 N–H and O–H groups in total. The number of carbonyl (C=O) groups is 1. The fourth-order valence-electron chi connectivity index (χ4n) is 3.44. The number of nitrogens with zero attached hydrogens (tertiary/aromatic N) is 3. The molecule has 1 aromatic rings. The molecule has 0 spiro atoms. The van der Waals surface area contributed by atoms with Gasteiger partial charge in [0, 0.05) is 38.4 Å². The molecule has 0 aromatic carbocycles. The van der Waals surface area contributed by atoms with E-state index in [4.69, 9.17) is 0 Å². The van der Waals surface area contributed by atoms with Gasteiger partial charge in [-0.15, -0.1) is 0 Å². The quantitative estimate of drug-likeness (QED) is 0.922. The molecule has 2 saturated heterocycles. The number of aromatic nitrogens is 1. The molecule has 5 heteroatoms. The van der Waals surface area contributed by atoms with Crippen LogP contribution in [-0.4, -0.2) is 59.5 Å². The number of rotatable bonds is 3. The van der Waals surface area contributed by atoms with Crippen molar-refractivity contribution in [3.8, 4) is 0 Å². The van der Waals surface area contributed by atoms with Crippen molar-refractivity contribution in [2.75, 3.05) is 32.0 Å². The number of anilines is 1. The molecule has 3 rings (SSSR count). The molecule has 0 saturated carbocycles. The summed E-state index contributed by atoms with van der Waals surface area (Å²) in [6.45, 7) is 5.19. The van der Waals surface area contributed by atoms with Gasteiger partial charge in [0.05, 0.1) is 5.56 Å². The summed E-state index contributed by atoms with van der Waals surface area (Å²) in [5, 5.41) is 2.99. The monoisotopic (exact) mass is 288 g/mol. The first-order valence-electron chi connectivity index (χ1n) is 7.88. The molecule has 1 atom stereocenters. The summed E-state index contributed by atoms with van der Waals surface area (Å²) in [6.07, 6.45) is 5.63. The molecule has 3 heterocycles. The number of hydrogen-bond acceptors (Lipinski definition) is 4. The number of carbonyl (C=O) groups excluding carboxylic acids is 1. The third kappa shape index (κ3) is 2.75. The van der Waals surface area contributed by atoms with E-state index in [1.54, 1.807) is 13.2 Å². The van der Waals surface area contributed by atoms with Crippen LogP contribution in [-0.2, 0) is 0 Å². The molecule has 2 aliphatic heterocycles. The summed E-state index contributed by atoms with van der Waals surface area (Å²) in [5.74, 6) is 0.755. The third-order valence-electron chi connectivity index (χ3n) is 4.75. The summed E-state index contributed by atoms with van der Waals surface area (Å²) in [5.41, 5.74) is 0.671. The van der Waals surface area contributed by atoms with Gasteiger partial charge in [0.1, 0.15) is 5.82 Å². The lowest BCUT2D eigenvalue weighted by atomic mass is 9.97. The Morgan fingerprint density at radius 3 is 2.90 bits per heavy atom. The highest BCUT2D eigenvalue weighted by Gasteiger charge is 2.38. The van der Waals surface area contributed by atoms with Crippen molar-refractivity contribution in [3.05, 3.63) is 23.9 Å². The van der Waals surface area contributed by atoms with Crippen LogP contribution in [0.4, 0.5) is 5.82 Å². The normalized spacial score (nSPS) is 23.7. The van der Waals surface area contributed by atoms with Crippen LogP contribution in [0.15, 0.2) is 18.3 Å². The summed E-state index contributed by atoms with van der Waals surface area (Å²) in [7, 11) is 1.80. The van der Waals surface area contributed by atoms with Crippen molar-refractivity contribution in [2.24, 2.45) is 0 Å². The molecule has 0 aliphatic carbocycles. The first kappa shape index (κ1) is 14.3. The van der Waals surface area contributed by atoms with Gasteiger partial charge in [-0.3, -0.25) is 9.69 Å². The number of pyridine rings is 1. The Hall–Kier alpha value is -1.62. The second-order valence-electron chi connectivity index (χ2n) is 6.10. The zero-order valence-electron chi connectivity index (χ0n) is 12.9. The lowest BCUT2D eigenvalue weighted by Gasteiger charge is -2.49. The molecule has 1 aromatic heterocycles. The van der Waals surface area contributed by atoms with Crippen LogP contribution in [0.5, 0.6) is 0 Å². The van der Waals surface area contributed by atoms with Crippen LogP contribution >= 0.6 is 0 Å². The average Bonchev–Trinajstić information content (AvgIpc) is 2.47. The molecule has 2 aliphatic rings. The first-order valence-corrected chi connectivity index (χ1v) is 7.88. The number of nitrogens with one attached hydrogen (secondary N) is 1. The van der Waals surface area contributed by atoms with E-state index in [1.807, 2.05) is 17.0 Å². The summed E-state index contributed by atoms with van der Waals surface area (Å²) in [6, 6.07) is 4.86. The lowest BCUT2D eigenvalue weighted by molar-refractivity contribution is 0.00216. The van der Waals surface area contributed by atoms with Crippen molar-refractivity contribution in [2.45, 2.75) is 38.3 Å². The maximum absolute atomic E-state index is 12.5. The largest absolute Gasteiger partial charge is 0.372 e. The molecular weight excluding hydrogens is 264 g/mol. The molecule has 114 valence electrons. The van der Waals surface area contributed by atoms with Gasteiger partial charge in [-0.1, -0.05) is 6.42 Å². The Morgan fingerprint density at radius 2 is 2.19 bits per heavy atom. The van der Waals surface area contributed by atoms with Crippen molar-refractivity contribution < 1.29 is 4.79 Å². The topological polar surface area (TPSA) is 48.5 Å². The Bertz CT molecular complexity index is 513.